The maximum Gasteiger partial charge on any atom is 0.234 e. The van der Waals surface area contributed by atoms with E-state index in [1.54, 1.807) is 0 Å². The summed E-state index contributed by atoms with van der Waals surface area (Å²) in [5.74, 6) is 1.92. The molecule has 1 N–H and O–H groups in total. The van der Waals surface area contributed by atoms with Crippen LogP contribution in [0.5, 0.6) is 0 Å². The molecule has 1 amide bonds. The number of carbonyl (C=O) groups excluding carboxylic acids is 1. The molecular formula is C21H29N3O2. The molecule has 0 bridgehead atoms. The van der Waals surface area contributed by atoms with E-state index in [0.29, 0.717) is 24.9 Å². The molecule has 0 aliphatic carbocycles. The van der Waals surface area contributed by atoms with Gasteiger partial charge in [-0.15, -0.1) is 0 Å². The Balaban J connectivity index is 1.38. The number of hydrogen-bond donors (Lipinski definition) is 1. The highest BCUT2D eigenvalue weighted by Gasteiger charge is 2.21. The van der Waals surface area contributed by atoms with Crippen LogP contribution in [0.4, 0.5) is 0 Å². The quantitative estimate of drug-likeness (QED) is 0.827. The van der Waals surface area contributed by atoms with Crippen molar-refractivity contribution >= 4 is 5.91 Å². The van der Waals surface area contributed by atoms with E-state index in [2.05, 4.69) is 59.6 Å². The molecule has 26 heavy (non-hydrogen) atoms. The minimum absolute atomic E-state index is 0.0463. The van der Waals surface area contributed by atoms with Crippen molar-refractivity contribution in [1.29, 1.82) is 0 Å². The van der Waals surface area contributed by atoms with Crippen LogP contribution in [0.15, 0.2) is 40.9 Å². The molecule has 0 unspecified atom stereocenters. The molecule has 2 heterocycles. The summed E-state index contributed by atoms with van der Waals surface area (Å²) >= 11 is 0. The zero-order valence-corrected chi connectivity index (χ0v) is 15.8. The molecule has 1 aromatic heterocycles. The second kappa shape index (κ2) is 8.99. The lowest BCUT2D eigenvalue weighted by Crippen LogP contribution is -2.40. The van der Waals surface area contributed by atoms with E-state index in [0.717, 1.165) is 43.8 Å². The van der Waals surface area contributed by atoms with Crippen molar-refractivity contribution in [3.63, 3.8) is 0 Å². The lowest BCUT2D eigenvalue weighted by Gasteiger charge is -2.31. The largest absolute Gasteiger partial charge is 0.359 e. The molecule has 5 nitrogen and oxygen atoms in total. The van der Waals surface area contributed by atoms with Crippen molar-refractivity contribution in [3.8, 4) is 0 Å². The molecule has 0 atom stereocenters. The van der Waals surface area contributed by atoms with Crippen molar-refractivity contribution in [2.45, 2.75) is 45.6 Å². The van der Waals surface area contributed by atoms with Gasteiger partial charge < -0.3 is 9.84 Å². The smallest absolute Gasteiger partial charge is 0.234 e. The first-order valence-corrected chi connectivity index (χ1v) is 9.58. The lowest BCUT2D eigenvalue weighted by molar-refractivity contribution is -0.122. The monoisotopic (exact) mass is 355 g/mol. The molecule has 1 fully saturated rings. The highest BCUT2D eigenvalue weighted by molar-refractivity contribution is 5.77. The normalized spacial score (nSPS) is 16.1. The van der Waals surface area contributed by atoms with E-state index in [1.807, 2.05) is 6.07 Å². The third-order valence-electron chi connectivity index (χ3n) is 4.91. The number of nitrogens with zero attached hydrogens (tertiary/aromatic N) is 2. The number of amides is 1. The third-order valence-corrected chi connectivity index (χ3v) is 4.91. The second-order valence-corrected chi connectivity index (χ2v) is 7.62. The van der Waals surface area contributed by atoms with Gasteiger partial charge in [0.25, 0.3) is 0 Å². The van der Waals surface area contributed by atoms with Crippen molar-refractivity contribution < 1.29 is 9.32 Å². The number of carbonyl (C=O) groups is 1. The maximum absolute atomic E-state index is 12.2. The number of piperidine rings is 1. The van der Waals surface area contributed by atoms with Gasteiger partial charge in [-0.1, -0.05) is 49.3 Å². The average molecular weight is 355 g/mol. The fraction of sp³-hybridized carbons (Fsp3) is 0.524. The Kier molecular flexibility index (Phi) is 6.45. The van der Waals surface area contributed by atoms with Crippen molar-refractivity contribution in [1.82, 2.24) is 15.4 Å². The van der Waals surface area contributed by atoms with E-state index < -0.39 is 0 Å². The molecular weight excluding hydrogens is 326 g/mol. The average Bonchev–Trinajstić information content (AvgIpc) is 3.08. The molecule has 5 heteroatoms. The van der Waals surface area contributed by atoms with Gasteiger partial charge in [-0.25, -0.2) is 0 Å². The van der Waals surface area contributed by atoms with Gasteiger partial charge in [-0.3, -0.25) is 9.69 Å². The number of benzene rings is 1. The van der Waals surface area contributed by atoms with Crippen LogP contribution in [0.25, 0.3) is 0 Å². The predicted octanol–water partition coefficient (Wildman–Crippen LogP) is 3.37. The standard InChI is InChI=1S/C21H29N3O2/c1-16(2)12-19-13-20(26-23-19)14-22-21(25)15-24-10-8-18(9-11-24)17-6-4-3-5-7-17/h3-7,13,16,18H,8-12,14-15H2,1-2H3,(H,22,25). The lowest BCUT2D eigenvalue weighted by atomic mass is 9.89. The summed E-state index contributed by atoms with van der Waals surface area (Å²) in [6.45, 7) is 7.09. The van der Waals surface area contributed by atoms with Gasteiger partial charge in [-0.05, 0) is 49.8 Å². The number of nitrogens with one attached hydrogen (secondary N) is 1. The minimum atomic E-state index is 0.0463. The van der Waals surface area contributed by atoms with E-state index in [4.69, 9.17) is 4.52 Å². The SMILES string of the molecule is CC(C)Cc1cc(CNC(=O)CN2CCC(c3ccccc3)CC2)on1. The summed E-state index contributed by atoms with van der Waals surface area (Å²) in [5, 5.41) is 6.99. The summed E-state index contributed by atoms with van der Waals surface area (Å²) in [6, 6.07) is 12.6. The fourth-order valence-electron chi connectivity index (χ4n) is 3.55. The summed E-state index contributed by atoms with van der Waals surface area (Å²) in [6.07, 6.45) is 3.11. The van der Waals surface area contributed by atoms with Crippen molar-refractivity contribution in [2.75, 3.05) is 19.6 Å². The first-order chi connectivity index (χ1) is 12.6. The molecule has 1 saturated heterocycles. The second-order valence-electron chi connectivity index (χ2n) is 7.62. The summed E-state index contributed by atoms with van der Waals surface area (Å²) in [5.41, 5.74) is 2.37. The van der Waals surface area contributed by atoms with E-state index in [1.165, 1.54) is 5.56 Å². The molecule has 3 rings (SSSR count). The molecule has 0 saturated carbocycles. The molecule has 0 radical (unpaired) electrons. The van der Waals surface area contributed by atoms with Gasteiger partial charge in [0.05, 0.1) is 18.8 Å². The molecule has 2 aromatic rings. The van der Waals surface area contributed by atoms with Gasteiger partial charge in [0.2, 0.25) is 5.91 Å². The van der Waals surface area contributed by atoms with Crippen LogP contribution in [0.2, 0.25) is 0 Å². The highest BCUT2D eigenvalue weighted by atomic mass is 16.5. The Morgan fingerprint density at radius 3 is 2.69 bits per heavy atom. The van der Waals surface area contributed by atoms with Gasteiger partial charge >= 0.3 is 0 Å². The number of hydrogen-bond acceptors (Lipinski definition) is 4. The van der Waals surface area contributed by atoms with Crippen LogP contribution in [0, 0.1) is 5.92 Å². The van der Waals surface area contributed by atoms with Gasteiger partial charge in [0, 0.05) is 6.07 Å². The predicted molar refractivity (Wildman–Crippen MR) is 102 cm³/mol. The van der Waals surface area contributed by atoms with E-state index >= 15 is 0 Å². The molecule has 1 aliphatic rings. The Labute approximate surface area is 155 Å². The Hall–Kier alpha value is -2.14. The molecule has 140 valence electrons. The Bertz CT molecular complexity index is 688. The van der Waals surface area contributed by atoms with Gasteiger partial charge in [0.15, 0.2) is 5.76 Å². The topological polar surface area (TPSA) is 58.4 Å². The highest BCUT2D eigenvalue weighted by Crippen LogP contribution is 2.27. The van der Waals surface area contributed by atoms with Crippen molar-refractivity contribution in [2.24, 2.45) is 5.92 Å². The van der Waals surface area contributed by atoms with Crippen LogP contribution in [-0.2, 0) is 17.8 Å². The summed E-state index contributed by atoms with van der Waals surface area (Å²) in [4.78, 5) is 14.4. The zero-order valence-electron chi connectivity index (χ0n) is 15.8. The maximum atomic E-state index is 12.2. The third kappa shape index (κ3) is 5.43. The van der Waals surface area contributed by atoms with Crippen LogP contribution >= 0.6 is 0 Å². The summed E-state index contributed by atoms with van der Waals surface area (Å²) in [7, 11) is 0. The first kappa shape index (κ1) is 18.6. The van der Waals surface area contributed by atoms with E-state index in [-0.39, 0.29) is 5.91 Å². The zero-order chi connectivity index (χ0) is 18.4. The van der Waals surface area contributed by atoms with Crippen LogP contribution in [-0.4, -0.2) is 35.6 Å². The number of aromatic nitrogens is 1. The van der Waals surface area contributed by atoms with Crippen LogP contribution in [0.3, 0.4) is 0 Å². The minimum Gasteiger partial charge on any atom is -0.359 e. The number of likely N-dealkylation sites (tertiary alicyclic amines) is 1. The molecule has 1 aromatic carbocycles. The Morgan fingerprint density at radius 1 is 1.27 bits per heavy atom. The van der Waals surface area contributed by atoms with Crippen LogP contribution < -0.4 is 5.32 Å². The van der Waals surface area contributed by atoms with Gasteiger partial charge in [0.1, 0.15) is 0 Å². The Morgan fingerprint density at radius 2 is 2.00 bits per heavy atom. The van der Waals surface area contributed by atoms with Crippen LogP contribution in [0.1, 0.15) is 49.6 Å². The fourth-order valence-corrected chi connectivity index (χ4v) is 3.55. The number of rotatable bonds is 7. The summed E-state index contributed by atoms with van der Waals surface area (Å²) < 4.78 is 5.29. The van der Waals surface area contributed by atoms with Crippen molar-refractivity contribution in [3.05, 3.63) is 53.4 Å². The first-order valence-electron chi connectivity index (χ1n) is 9.58. The molecule has 0 spiro atoms. The van der Waals surface area contributed by atoms with Gasteiger partial charge in [-0.2, -0.15) is 0 Å². The molecule has 1 aliphatic heterocycles. The van der Waals surface area contributed by atoms with E-state index in [9.17, 15) is 4.79 Å².